The third-order valence-electron chi connectivity index (χ3n) is 4.76. The van der Waals surface area contributed by atoms with Gasteiger partial charge in [0.05, 0.1) is 27.4 Å². The van der Waals surface area contributed by atoms with Crippen LogP contribution in [0.1, 0.15) is 27.2 Å². The van der Waals surface area contributed by atoms with Gasteiger partial charge in [-0.3, -0.25) is 4.79 Å². The summed E-state index contributed by atoms with van der Waals surface area (Å²) in [7, 11) is 0. The van der Waals surface area contributed by atoms with Crippen LogP contribution in [0.15, 0.2) is 48.7 Å². The van der Waals surface area contributed by atoms with Crippen molar-refractivity contribution < 1.29 is 9.18 Å². The Morgan fingerprint density at radius 3 is 2.52 bits per heavy atom. The van der Waals surface area contributed by atoms with Crippen LogP contribution in [0.25, 0.3) is 16.7 Å². The highest BCUT2D eigenvalue weighted by atomic mass is 35.5. The summed E-state index contributed by atoms with van der Waals surface area (Å²) in [6.07, 6.45) is 1.41. The molecule has 5 nitrogen and oxygen atoms in total. The van der Waals surface area contributed by atoms with Crippen molar-refractivity contribution in [1.29, 1.82) is 0 Å². The number of aryl methyl sites for hydroxylation is 3. The SMILES string of the molecule is Cc1ccc(-n2nc(C)c3c(Cl)c(C(=O)Nc4ccc(C)c(F)c4)cnc32)cc1. The molecule has 2 aromatic heterocycles. The van der Waals surface area contributed by atoms with Gasteiger partial charge in [0.1, 0.15) is 5.82 Å². The lowest BCUT2D eigenvalue weighted by Gasteiger charge is -2.09. The zero-order chi connectivity index (χ0) is 20.7. The molecule has 7 heteroatoms. The van der Waals surface area contributed by atoms with Crippen LogP contribution < -0.4 is 5.32 Å². The van der Waals surface area contributed by atoms with Crippen molar-refractivity contribution in [1.82, 2.24) is 14.8 Å². The van der Waals surface area contributed by atoms with Gasteiger partial charge in [0, 0.05) is 11.9 Å². The van der Waals surface area contributed by atoms with E-state index in [9.17, 15) is 9.18 Å². The number of carbonyl (C=O) groups is 1. The fourth-order valence-electron chi connectivity index (χ4n) is 3.10. The lowest BCUT2D eigenvalue weighted by atomic mass is 10.1. The van der Waals surface area contributed by atoms with Crippen molar-refractivity contribution in [2.45, 2.75) is 20.8 Å². The lowest BCUT2D eigenvalue weighted by molar-refractivity contribution is 0.102. The zero-order valence-electron chi connectivity index (χ0n) is 16.1. The van der Waals surface area contributed by atoms with E-state index in [4.69, 9.17) is 11.6 Å². The van der Waals surface area contributed by atoms with Crippen molar-refractivity contribution >= 4 is 34.2 Å². The van der Waals surface area contributed by atoms with E-state index in [1.807, 2.05) is 38.1 Å². The van der Waals surface area contributed by atoms with Crippen LogP contribution >= 0.6 is 11.6 Å². The molecule has 2 aromatic carbocycles. The number of hydrogen-bond acceptors (Lipinski definition) is 3. The maximum Gasteiger partial charge on any atom is 0.258 e. The van der Waals surface area contributed by atoms with Crippen LogP contribution in [-0.4, -0.2) is 20.7 Å². The second kappa shape index (κ2) is 7.29. The monoisotopic (exact) mass is 408 g/mol. The molecule has 1 N–H and O–H groups in total. The molecule has 0 radical (unpaired) electrons. The Bertz CT molecular complexity index is 1250. The molecular weight excluding hydrogens is 391 g/mol. The molecule has 29 heavy (non-hydrogen) atoms. The number of aromatic nitrogens is 3. The van der Waals surface area contributed by atoms with Gasteiger partial charge in [-0.25, -0.2) is 14.1 Å². The Hall–Kier alpha value is -3.25. The van der Waals surface area contributed by atoms with Gasteiger partial charge in [-0.2, -0.15) is 5.10 Å². The van der Waals surface area contributed by atoms with E-state index < -0.39 is 11.7 Å². The zero-order valence-corrected chi connectivity index (χ0v) is 16.9. The molecule has 0 spiro atoms. The number of carbonyl (C=O) groups excluding carboxylic acids is 1. The summed E-state index contributed by atoms with van der Waals surface area (Å²) in [5.74, 6) is -0.854. The Kier molecular flexibility index (Phi) is 4.80. The number of hydrogen-bond donors (Lipinski definition) is 1. The van der Waals surface area contributed by atoms with E-state index >= 15 is 0 Å². The van der Waals surface area contributed by atoms with Gasteiger partial charge in [-0.15, -0.1) is 0 Å². The first kappa shape index (κ1) is 19.1. The summed E-state index contributed by atoms with van der Waals surface area (Å²) in [5.41, 5.74) is 4.27. The first-order chi connectivity index (χ1) is 13.8. The van der Waals surface area contributed by atoms with E-state index in [1.54, 1.807) is 23.7 Å². The predicted molar refractivity (Wildman–Crippen MR) is 112 cm³/mol. The van der Waals surface area contributed by atoms with Crippen LogP contribution in [0.4, 0.5) is 10.1 Å². The second-order valence-electron chi connectivity index (χ2n) is 6.94. The molecule has 0 aliphatic heterocycles. The molecule has 0 saturated carbocycles. The average Bonchev–Trinajstić information content (AvgIpc) is 3.03. The van der Waals surface area contributed by atoms with E-state index in [1.165, 1.54) is 12.3 Å². The van der Waals surface area contributed by atoms with Gasteiger partial charge in [-0.05, 0) is 50.6 Å². The highest BCUT2D eigenvalue weighted by Gasteiger charge is 2.20. The van der Waals surface area contributed by atoms with Crippen LogP contribution in [-0.2, 0) is 0 Å². The van der Waals surface area contributed by atoms with E-state index in [2.05, 4.69) is 15.4 Å². The number of halogens is 2. The quantitative estimate of drug-likeness (QED) is 0.494. The summed E-state index contributed by atoms with van der Waals surface area (Å²) in [4.78, 5) is 17.2. The average molecular weight is 409 g/mol. The minimum atomic E-state index is -0.463. The highest BCUT2D eigenvalue weighted by molar-refractivity contribution is 6.39. The molecule has 0 fully saturated rings. The first-order valence-electron chi connectivity index (χ1n) is 9.03. The third kappa shape index (κ3) is 3.47. The molecular formula is C22H18ClFN4O. The van der Waals surface area contributed by atoms with Gasteiger partial charge >= 0.3 is 0 Å². The molecule has 0 unspecified atom stereocenters. The summed E-state index contributed by atoms with van der Waals surface area (Å²) in [6, 6.07) is 12.4. The third-order valence-corrected chi connectivity index (χ3v) is 5.15. The standard InChI is InChI=1S/C22H18ClFN4O/c1-12-4-8-16(9-5-12)28-21-19(14(3)27-28)20(23)17(11-25-21)22(29)26-15-7-6-13(2)18(24)10-15/h4-11H,1-3H3,(H,26,29). The van der Waals surface area contributed by atoms with Crippen molar-refractivity contribution in [3.63, 3.8) is 0 Å². The Balaban J connectivity index is 1.74. The fraction of sp³-hybridized carbons (Fsp3) is 0.136. The van der Waals surface area contributed by atoms with E-state index in [-0.39, 0.29) is 10.6 Å². The number of pyridine rings is 1. The number of nitrogens with one attached hydrogen (secondary N) is 1. The van der Waals surface area contributed by atoms with Gasteiger partial charge in [0.2, 0.25) is 0 Å². The van der Waals surface area contributed by atoms with E-state index in [0.29, 0.717) is 28.0 Å². The maximum atomic E-state index is 13.8. The lowest BCUT2D eigenvalue weighted by Crippen LogP contribution is -2.13. The van der Waals surface area contributed by atoms with Crippen LogP contribution in [0, 0.1) is 26.6 Å². The van der Waals surface area contributed by atoms with Gasteiger partial charge < -0.3 is 5.32 Å². The molecule has 4 aromatic rings. The normalized spacial score (nSPS) is 11.1. The molecule has 1 amide bonds. The number of benzene rings is 2. The number of rotatable bonds is 3. The summed E-state index contributed by atoms with van der Waals surface area (Å²) < 4.78 is 15.5. The minimum absolute atomic E-state index is 0.201. The second-order valence-corrected chi connectivity index (χ2v) is 7.31. The van der Waals surface area contributed by atoms with Crippen LogP contribution in [0.2, 0.25) is 5.02 Å². The molecule has 0 bridgehead atoms. The van der Waals surface area contributed by atoms with E-state index in [0.717, 1.165) is 11.3 Å². The van der Waals surface area contributed by atoms with Gasteiger partial charge in [-0.1, -0.05) is 35.4 Å². The first-order valence-corrected chi connectivity index (χ1v) is 9.41. The van der Waals surface area contributed by atoms with Crippen molar-refractivity contribution in [2.24, 2.45) is 0 Å². The van der Waals surface area contributed by atoms with Crippen LogP contribution in [0.3, 0.4) is 0 Å². The van der Waals surface area contributed by atoms with Gasteiger partial charge in [0.15, 0.2) is 5.65 Å². The Morgan fingerprint density at radius 1 is 1.10 bits per heavy atom. The number of amides is 1. The summed E-state index contributed by atoms with van der Waals surface area (Å²) >= 11 is 6.56. The van der Waals surface area contributed by atoms with Crippen molar-refractivity contribution in [3.05, 3.63) is 81.9 Å². The topological polar surface area (TPSA) is 59.8 Å². The summed E-state index contributed by atoms with van der Waals surface area (Å²) in [6.45, 7) is 5.48. The molecule has 0 saturated heterocycles. The summed E-state index contributed by atoms with van der Waals surface area (Å²) in [5, 5.41) is 8.08. The van der Waals surface area contributed by atoms with Gasteiger partial charge in [0.25, 0.3) is 5.91 Å². The number of fused-ring (bicyclic) bond motifs is 1. The Labute approximate surface area is 172 Å². The van der Waals surface area contributed by atoms with Crippen LogP contribution in [0.5, 0.6) is 0 Å². The largest absolute Gasteiger partial charge is 0.322 e. The molecule has 2 heterocycles. The highest BCUT2D eigenvalue weighted by Crippen LogP contribution is 2.30. The number of anilines is 1. The molecule has 0 aliphatic rings. The molecule has 4 rings (SSSR count). The molecule has 0 atom stereocenters. The number of nitrogens with zero attached hydrogens (tertiary/aromatic N) is 3. The fourth-order valence-corrected chi connectivity index (χ4v) is 3.46. The minimum Gasteiger partial charge on any atom is -0.322 e. The Morgan fingerprint density at radius 2 is 1.83 bits per heavy atom. The van der Waals surface area contributed by atoms with Crippen molar-refractivity contribution in [2.75, 3.05) is 5.32 Å². The maximum absolute atomic E-state index is 13.8. The molecule has 0 aliphatic carbocycles. The predicted octanol–water partition coefficient (Wildman–Crippen LogP) is 5.39. The molecule has 146 valence electrons. The van der Waals surface area contributed by atoms with Crippen molar-refractivity contribution in [3.8, 4) is 5.69 Å². The smallest absolute Gasteiger partial charge is 0.258 e.